The Kier molecular flexibility index (Phi) is 5.75. The fourth-order valence-electron chi connectivity index (χ4n) is 4.35. The van der Waals surface area contributed by atoms with Crippen LogP contribution in [-0.4, -0.2) is 52.2 Å². The monoisotopic (exact) mass is 450 g/mol. The van der Waals surface area contributed by atoms with Crippen LogP contribution in [0.5, 0.6) is 0 Å². The Balaban J connectivity index is 1.31. The van der Waals surface area contributed by atoms with E-state index in [1.807, 2.05) is 52.3 Å². The number of piperazine rings is 1. The predicted molar refractivity (Wildman–Crippen MR) is 129 cm³/mol. The van der Waals surface area contributed by atoms with Gasteiger partial charge in [0.15, 0.2) is 0 Å². The molecule has 3 heterocycles. The molecule has 0 saturated carbocycles. The summed E-state index contributed by atoms with van der Waals surface area (Å²) in [6.07, 6.45) is 2.18. The summed E-state index contributed by atoms with van der Waals surface area (Å²) in [7, 11) is 0. The number of hydrogen-bond acceptors (Lipinski definition) is 6. The van der Waals surface area contributed by atoms with Gasteiger partial charge in [0.2, 0.25) is 0 Å². The Morgan fingerprint density at radius 1 is 1.00 bits per heavy atom. The standard InChI is InChI=1S/C26H22N6O2/c27-17-20-7-4-10-28-24(20)31-11-13-32(14-12-31)26(34)19-6-3-5-18(15-19)16-23-21-8-1-2-9-22(21)25(33)30-29-23/h1-10,15H,11-14,16H2,(H,30,33). The molecule has 1 aliphatic rings. The molecule has 0 radical (unpaired) electrons. The highest BCUT2D eigenvalue weighted by Crippen LogP contribution is 2.20. The lowest BCUT2D eigenvalue weighted by Gasteiger charge is -2.35. The van der Waals surface area contributed by atoms with Crippen LogP contribution in [0, 0.1) is 11.3 Å². The average Bonchev–Trinajstić information content (AvgIpc) is 2.90. The molecule has 5 rings (SSSR count). The Labute approximate surface area is 196 Å². The lowest BCUT2D eigenvalue weighted by Crippen LogP contribution is -2.49. The Bertz CT molecular complexity index is 1460. The van der Waals surface area contributed by atoms with Crippen LogP contribution in [0.2, 0.25) is 0 Å². The molecule has 34 heavy (non-hydrogen) atoms. The normalized spacial score (nSPS) is 13.6. The van der Waals surface area contributed by atoms with E-state index in [2.05, 4.69) is 21.3 Å². The Hall–Kier alpha value is -4.51. The zero-order valence-corrected chi connectivity index (χ0v) is 18.4. The van der Waals surface area contributed by atoms with Crippen molar-refractivity contribution in [1.82, 2.24) is 20.1 Å². The van der Waals surface area contributed by atoms with Crippen molar-refractivity contribution < 1.29 is 4.79 Å². The van der Waals surface area contributed by atoms with E-state index >= 15 is 0 Å². The highest BCUT2D eigenvalue weighted by molar-refractivity contribution is 5.94. The minimum absolute atomic E-state index is 0.0256. The molecule has 0 bridgehead atoms. The molecule has 168 valence electrons. The quantitative estimate of drug-likeness (QED) is 0.513. The summed E-state index contributed by atoms with van der Waals surface area (Å²) in [6, 6.07) is 20.6. The molecular formula is C26H22N6O2. The first kappa shape index (κ1) is 21.3. The van der Waals surface area contributed by atoms with Crippen molar-refractivity contribution in [3.05, 3.63) is 99.6 Å². The number of nitrogens with zero attached hydrogens (tertiary/aromatic N) is 5. The van der Waals surface area contributed by atoms with Crippen molar-refractivity contribution in [2.45, 2.75) is 6.42 Å². The number of aromatic nitrogens is 3. The molecule has 2 aromatic carbocycles. The number of nitrogens with one attached hydrogen (secondary N) is 1. The number of rotatable bonds is 4. The number of H-pyrrole nitrogens is 1. The number of hydrogen-bond donors (Lipinski definition) is 1. The highest BCUT2D eigenvalue weighted by Gasteiger charge is 2.24. The molecule has 1 amide bonds. The first-order valence-electron chi connectivity index (χ1n) is 11.1. The topological polar surface area (TPSA) is 106 Å². The highest BCUT2D eigenvalue weighted by atomic mass is 16.2. The van der Waals surface area contributed by atoms with Crippen molar-refractivity contribution >= 4 is 22.5 Å². The fraction of sp³-hybridized carbons (Fsp3) is 0.192. The number of nitriles is 1. The summed E-state index contributed by atoms with van der Waals surface area (Å²) in [5, 5.41) is 17.6. The van der Waals surface area contributed by atoms with Gasteiger partial charge < -0.3 is 9.80 Å². The van der Waals surface area contributed by atoms with E-state index < -0.39 is 0 Å². The molecule has 4 aromatic rings. The van der Waals surface area contributed by atoms with E-state index in [1.165, 1.54) is 0 Å². The van der Waals surface area contributed by atoms with E-state index in [1.54, 1.807) is 24.4 Å². The maximum absolute atomic E-state index is 13.2. The Morgan fingerprint density at radius 3 is 2.59 bits per heavy atom. The van der Waals surface area contributed by atoms with Gasteiger partial charge >= 0.3 is 0 Å². The molecular weight excluding hydrogens is 428 g/mol. The zero-order valence-electron chi connectivity index (χ0n) is 18.4. The molecule has 0 aliphatic carbocycles. The predicted octanol–water partition coefficient (Wildman–Crippen LogP) is 2.74. The summed E-state index contributed by atoms with van der Waals surface area (Å²) in [5.41, 5.74) is 2.65. The maximum atomic E-state index is 13.2. The van der Waals surface area contributed by atoms with Crippen LogP contribution in [0.3, 0.4) is 0 Å². The number of aromatic amines is 1. The minimum atomic E-state index is -0.213. The summed E-state index contributed by atoms with van der Waals surface area (Å²) in [5.74, 6) is 0.641. The van der Waals surface area contributed by atoms with Crippen LogP contribution in [0.15, 0.2) is 71.7 Å². The molecule has 0 spiro atoms. The summed E-state index contributed by atoms with van der Waals surface area (Å²) >= 11 is 0. The molecule has 1 aliphatic heterocycles. The number of fused-ring (bicyclic) bond motifs is 1. The SMILES string of the molecule is N#Cc1cccnc1N1CCN(C(=O)c2cccc(Cc3n[nH]c(=O)c4ccccc34)c2)CC1. The largest absolute Gasteiger partial charge is 0.352 e. The number of amides is 1. The van der Waals surface area contributed by atoms with Gasteiger partial charge in [-0.3, -0.25) is 9.59 Å². The third kappa shape index (κ3) is 4.11. The van der Waals surface area contributed by atoms with Crippen LogP contribution in [0.1, 0.15) is 27.2 Å². The van der Waals surface area contributed by atoms with Gasteiger partial charge in [-0.1, -0.05) is 30.3 Å². The molecule has 0 atom stereocenters. The molecule has 1 fully saturated rings. The molecule has 1 saturated heterocycles. The second-order valence-electron chi connectivity index (χ2n) is 8.19. The van der Waals surface area contributed by atoms with Gasteiger partial charge in [-0.15, -0.1) is 0 Å². The molecule has 8 nitrogen and oxygen atoms in total. The zero-order chi connectivity index (χ0) is 23.5. The molecule has 8 heteroatoms. The third-order valence-electron chi connectivity index (χ3n) is 6.09. The van der Waals surface area contributed by atoms with Crippen molar-refractivity contribution in [3.8, 4) is 6.07 Å². The van der Waals surface area contributed by atoms with Gasteiger partial charge in [0.25, 0.3) is 11.5 Å². The minimum Gasteiger partial charge on any atom is -0.352 e. The second-order valence-corrected chi connectivity index (χ2v) is 8.19. The van der Waals surface area contributed by atoms with Gasteiger partial charge in [0, 0.05) is 49.7 Å². The van der Waals surface area contributed by atoms with E-state index in [9.17, 15) is 14.9 Å². The van der Waals surface area contributed by atoms with Gasteiger partial charge in [0.1, 0.15) is 11.9 Å². The fourth-order valence-corrected chi connectivity index (χ4v) is 4.35. The van der Waals surface area contributed by atoms with Crippen molar-refractivity contribution in [2.24, 2.45) is 0 Å². The van der Waals surface area contributed by atoms with Gasteiger partial charge in [-0.25, -0.2) is 10.1 Å². The van der Waals surface area contributed by atoms with Crippen LogP contribution >= 0.6 is 0 Å². The van der Waals surface area contributed by atoms with Gasteiger partial charge in [-0.05, 0) is 35.9 Å². The molecule has 1 N–H and O–H groups in total. The smallest absolute Gasteiger partial charge is 0.272 e. The first-order chi connectivity index (χ1) is 16.6. The average molecular weight is 451 g/mol. The van der Waals surface area contributed by atoms with Crippen LogP contribution in [0.4, 0.5) is 5.82 Å². The van der Waals surface area contributed by atoms with Crippen LogP contribution in [-0.2, 0) is 6.42 Å². The molecule has 2 aromatic heterocycles. The Morgan fingerprint density at radius 2 is 1.79 bits per heavy atom. The number of carbonyl (C=O) groups is 1. The number of carbonyl (C=O) groups excluding carboxylic acids is 1. The first-order valence-corrected chi connectivity index (χ1v) is 11.1. The van der Waals surface area contributed by atoms with Crippen LogP contribution < -0.4 is 10.5 Å². The summed E-state index contributed by atoms with van der Waals surface area (Å²) in [4.78, 5) is 33.5. The lowest BCUT2D eigenvalue weighted by atomic mass is 10.0. The maximum Gasteiger partial charge on any atom is 0.272 e. The summed E-state index contributed by atoms with van der Waals surface area (Å²) < 4.78 is 0. The van der Waals surface area contributed by atoms with E-state index in [0.717, 1.165) is 16.6 Å². The van der Waals surface area contributed by atoms with Gasteiger partial charge in [-0.2, -0.15) is 10.4 Å². The van der Waals surface area contributed by atoms with E-state index in [4.69, 9.17) is 0 Å². The van der Waals surface area contributed by atoms with E-state index in [-0.39, 0.29) is 11.5 Å². The summed E-state index contributed by atoms with van der Waals surface area (Å²) in [6.45, 7) is 2.34. The van der Waals surface area contributed by atoms with Crippen molar-refractivity contribution in [1.29, 1.82) is 5.26 Å². The lowest BCUT2D eigenvalue weighted by molar-refractivity contribution is 0.0746. The van der Waals surface area contributed by atoms with Crippen molar-refractivity contribution in [3.63, 3.8) is 0 Å². The van der Waals surface area contributed by atoms with E-state index in [0.29, 0.717) is 54.9 Å². The number of pyridine rings is 1. The molecule has 0 unspecified atom stereocenters. The number of benzene rings is 2. The third-order valence-corrected chi connectivity index (χ3v) is 6.09. The number of anilines is 1. The van der Waals surface area contributed by atoms with Crippen molar-refractivity contribution in [2.75, 3.05) is 31.1 Å². The van der Waals surface area contributed by atoms with Crippen LogP contribution in [0.25, 0.3) is 10.8 Å². The van der Waals surface area contributed by atoms with Gasteiger partial charge in [0.05, 0.1) is 16.6 Å². The second kappa shape index (κ2) is 9.16.